The molecule has 1 aliphatic carbocycles. The normalized spacial score (nSPS) is 14.0. The Morgan fingerprint density at radius 2 is 2.16 bits per heavy atom. The van der Waals surface area contributed by atoms with E-state index < -0.39 is 0 Å². The minimum atomic E-state index is -0.359. The first-order valence-corrected chi connectivity index (χ1v) is 7.08. The molecule has 5 nitrogen and oxygen atoms in total. The van der Waals surface area contributed by atoms with Gasteiger partial charge in [-0.05, 0) is 53.6 Å². The van der Waals surface area contributed by atoms with Crippen molar-refractivity contribution in [2.24, 2.45) is 0 Å². The molecular formula is C13H15IN2O3. The maximum Gasteiger partial charge on any atom is 0.257 e. The first-order chi connectivity index (χ1) is 8.97. The topological polar surface area (TPSA) is 69.6 Å². The van der Waals surface area contributed by atoms with Gasteiger partial charge in [-0.25, -0.2) is 0 Å². The van der Waals surface area contributed by atoms with Crippen molar-refractivity contribution < 1.29 is 14.7 Å². The van der Waals surface area contributed by atoms with Crippen LogP contribution in [0.1, 0.15) is 23.2 Å². The molecule has 1 aromatic carbocycles. The van der Waals surface area contributed by atoms with Gasteiger partial charge >= 0.3 is 0 Å². The van der Waals surface area contributed by atoms with Gasteiger partial charge in [0.25, 0.3) is 5.91 Å². The minimum absolute atomic E-state index is 0.000245. The molecule has 19 heavy (non-hydrogen) atoms. The van der Waals surface area contributed by atoms with E-state index in [0.717, 1.165) is 16.4 Å². The van der Waals surface area contributed by atoms with E-state index in [-0.39, 0.29) is 35.7 Å². The van der Waals surface area contributed by atoms with Gasteiger partial charge in [0.2, 0.25) is 5.91 Å². The van der Waals surface area contributed by atoms with Crippen LogP contribution in [0.4, 0.5) is 0 Å². The van der Waals surface area contributed by atoms with Crippen LogP contribution in [0.15, 0.2) is 18.2 Å². The summed E-state index contributed by atoms with van der Waals surface area (Å²) in [6.07, 6.45) is 2.03. The zero-order chi connectivity index (χ0) is 14.0. The maximum absolute atomic E-state index is 12.1. The number of nitrogens with one attached hydrogen (secondary N) is 1. The molecule has 1 saturated carbocycles. The summed E-state index contributed by atoms with van der Waals surface area (Å²) in [5, 5.41) is 12.5. The number of carbonyl (C=O) groups is 2. The molecule has 2 rings (SSSR count). The SMILES string of the molecule is CN(CC(=O)NC1CC1)C(=O)c1cc(I)ccc1O. The number of hydrogen-bond acceptors (Lipinski definition) is 3. The molecule has 1 fully saturated rings. The Balaban J connectivity index is 2.01. The van der Waals surface area contributed by atoms with E-state index in [2.05, 4.69) is 27.9 Å². The lowest BCUT2D eigenvalue weighted by molar-refractivity contribution is -0.121. The monoisotopic (exact) mass is 374 g/mol. The molecule has 0 aromatic heterocycles. The Labute approximate surface area is 125 Å². The second-order valence-electron chi connectivity index (χ2n) is 4.66. The largest absolute Gasteiger partial charge is 0.507 e. The number of halogens is 1. The van der Waals surface area contributed by atoms with Crippen LogP contribution >= 0.6 is 22.6 Å². The number of carbonyl (C=O) groups excluding carboxylic acids is 2. The third-order valence-electron chi connectivity index (χ3n) is 2.86. The van der Waals surface area contributed by atoms with Gasteiger partial charge in [0.1, 0.15) is 5.75 Å². The van der Waals surface area contributed by atoms with Crippen molar-refractivity contribution in [3.05, 3.63) is 27.3 Å². The Morgan fingerprint density at radius 1 is 1.47 bits per heavy atom. The van der Waals surface area contributed by atoms with Crippen LogP contribution in [-0.2, 0) is 4.79 Å². The highest BCUT2D eigenvalue weighted by Gasteiger charge is 2.25. The number of hydrogen-bond donors (Lipinski definition) is 2. The standard InChI is InChI=1S/C13H15IN2O3/c1-16(7-12(18)15-9-3-4-9)13(19)10-6-8(14)2-5-11(10)17/h2,5-6,9,17H,3-4,7H2,1H3,(H,15,18). The van der Waals surface area contributed by atoms with Crippen LogP contribution in [0.5, 0.6) is 5.75 Å². The molecule has 0 saturated heterocycles. The molecule has 0 spiro atoms. The number of aromatic hydroxyl groups is 1. The molecule has 1 aliphatic rings. The van der Waals surface area contributed by atoms with E-state index in [9.17, 15) is 14.7 Å². The highest BCUT2D eigenvalue weighted by Crippen LogP contribution is 2.21. The van der Waals surface area contributed by atoms with Gasteiger partial charge in [-0.1, -0.05) is 0 Å². The Hall–Kier alpha value is -1.31. The van der Waals surface area contributed by atoms with Crippen LogP contribution in [-0.4, -0.2) is 41.5 Å². The summed E-state index contributed by atoms with van der Waals surface area (Å²) in [5.41, 5.74) is 0.216. The molecule has 102 valence electrons. The second-order valence-corrected chi connectivity index (χ2v) is 5.91. The smallest absolute Gasteiger partial charge is 0.257 e. The fourth-order valence-electron chi connectivity index (χ4n) is 1.67. The first-order valence-electron chi connectivity index (χ1n) is 6.00. The van der Waals surface area contributed by atoms with Gasteiger partial charge in [-0.3, -0.25) is 9.59 Å². The van der Waals surface area contributed by atoms with Gasteiger partial charge in [0.05, 0.1) is 12.1 Å². The van der Waals surface area contributed by atoms with Crippen molar-refractivity contribution >= 4 is 34.4 Å². The predicted octanol–water partition coefficient (Wildman–Crippen LogP) is 1.35. The number of nitrogens with zero attached hydrogens (tertiary/aromatic N) is 1. The van der Waals surface area contributed by atoms with E-state index >= 15 is 0 Å². The van der Waals surface area contributed by atoms with E-state index in [1.54, 1.807) is 19.2 Å². The van der Waals surface area contributed by atoms with Gasteiger partial charge in [0, 0.05) is 16.7 Å². The first kappa shape index (κ1) is 14.1. The summed E-state index contributed by atoms with van der Waals surface area (Å²) in [6.45, 7) is 0.000245. The van der Waals surface area contributed by atoms with Gasteiger partial charge < -0.3 is 15.3 Å². The number of rotatable bonds is 4. The maximum atomic E-state index is 12.1. The Kier molecular flexibility index (Phi) is 4.28. The summed E-state index contributed by atoms with van der Waals surface area (Å²) in [5.74, 6) is -0.592. The average molecular weight is 374 g/mol. The summed E-state index contributed by atoms with van der Waals surface area (Å²) in [4.78, 5) is 25.1. The van der Waals surface area contributed by atoms with Crippen LogP contribution in [0.2, 0.25) is 0 Å². The quantitative estimate of drug-likeness (QED) is 0.782. The molecule has 0 unspecified atom stereocenters. The lowest BCUT2D eigenvalue weighted by Gasteiger charge is -2.17. The van der Waals surface area contributed by atoms with Crippen molar-refractivity contribution in [2.45, 2.75) is 18.9 Å². The van der Waals surface area contributed by atoms with E-state index in [0.29, 0.717) is 0 Å². The fraction of sp³-hybridized carbons (Fsp3) is 0.385. The fourth-order valence-corrected chi connectivity index (χ4v) is 2.16. The highest BCUT2D eigenvalue weighted by molar-refractivity contribution is 14.1. The third kappa shape index (κ3) is 3.82. The molecule has 2 N–H and O–H groups in total. The zero-order valence-corrected chi connectivity index (χ0v) is 12.7. The van der Waals surface area contributed by atoms with Crippen molar-refractivity contribution in [1.82, 2.24) is 10.2 Å². The van der Waals surface area contributed by atoms with Crippen LogP contribution < -0.4 is 5.32 Å². The number of phenols is 1. The lowest BCUT2D eigenvalue weighted by Crippen LogP contribution is -2.39. The van der Waals surface area contributed by atoms with Crippen molar-refractivity contribution in [3.63, 3.8) is 0 Å². The van der Waals surface area contributed by atoms with Crippen molar-refractivity contribution in [1.29, 1.82) is 0 Å². The second kappa shape index (κ2) is 5.77. The zero-order valence-electron chi connectivity index (χ0n) is 10.5. The number of benzene rings is 1. The van der Waals surface area contributed by atoms with Crippen LogP contribution in [0, 0.1) is 3.57 Å². The average Bonchev–Trinajstić information content (AvgIpc) is 3.15. The predicted molar refractivity (Wildman–Crippen MR) is 78.9 cm³/mol. The summed E-state index contributed by atoms with van der Waals surface area (Å²) < 4.78 is 0.856. The lowest BCUT2D eigenvalue weighted by atomic mass is 10.2. The molecule has 0 bridgehead atoms. The van der Waals surface area contributed by atoms with E-state index in [1.807, 2.05) is 0 Å². The summed E-state index contributed by atoms with van der Waals surface area (Å²) in [7, 11) is 1.55. The molecule has 0 radical (unpaired) electrons. The third-order valence-corrected chi connectivity index (χ3v) is 3.53. The number of phenolic OH excluding ortho intramolecular Hbond substituents is 1. The van der Waals surface area contributed by atoms with Crippen molar-refractivity contribution in [2.75, 3.05) is 13.6 Å². The molecule has 6 heteroatoms. The molecule has 0 aliphatic heterocycles. The van der Waals surface area contributed by atoms with Crippen LogP contribution in [0.25, 0.3) is 0 Å². The number of likely N-dealkylation sites (N-methyl/N-ethyl adjacent to an activating group) is 1. The van der Waals surface area contributed by atoms with Gasteiger partial charge in [-0.15, -0.1) is 0 Å². The number of amides is 2. The molecule has 1 aromatic rings. The van der Waals surface area contributed by atoms with Gasteiger partial charge in [-0.2, -0.15) is 0 Å². The summed E-state index contributed by atoms with van der Waals surface area (Å²) in [6, 6.07) is 5.08. The highest BCUT2D eigenvalue weighted by atomic mass is 127. The molecule has 2 amide bonds. The minimum Gasteiger partial charge on any atom is -0.507 e. The van der Waals surface area contributed by atoms with E-state index in [1.165, 1.54) is 11.0 Å². The Morgan fingerprint density at radius 3 is 2.79 bits per heavy atom. The van der Waals surface area contributed by atoms with Crippen molar-refractivity contribution in [3.8, 4) is 5.75 Å². The van der Waals surface area contributed by atoms with Gasteiger partial charge in [0.15, 0.2) is 0 Å². The molecule has 0 heterocycles. The molecular weight excluding hydrogens is 359 g/mol. The van der Waals surface area contributed by atoms with Crippen LogP contribution in [0.3, 0.4) is 0 Å². The van der Waals surface area contributed by atoms with E-state index in [4.69, 9.17) is 0 Å². The molecule has 0 atom stereocenters. The Bertz CT molecular complexity index is 515. The summed E-state index contributed by atoms with van der Waals surface area (Å²) >= 11 is 2.07.